The van der Waals surface area contributed by atoms with Crippen molar-refractivity contribution in [2.45, 2.75) is 19.1 Å². The summed E-state index contributed by atoms with van der Waals surface area (Å²) in [7, 11) is 1.70. The summed E-state index contributed by atoms with van der Waals surface area (Å²) in [5.74, 6) is 0.897. The fraction of sp³-hybridized carbons (Fsp3) is 0.429. The lowest BCUT2D eigenvalue weighted by Crippen LogP contribution is -2.46. The molecular formula is C21H29N3O2. The van der Waals surface area contributed by atoms with Crippen LogP contribution in [0.2, 0.25) is 0 Å². The Balaban J connectivity index is 1.46. The summed E-state index contributed by atoms with van der Waals surface area (Å²) in [5, 5.41) is 10.4. The summed E-state index contributed by atoms with van der Waals surface area (Å²) in [6, 6.07) is 16.2. The molecule has 3 N–H and O–H groups in total. The van der Waals surface area contributed by atoms with Crippen LogP contribution in [0, 0.1) is 0 Å². The van der Waals surface area contributed by atoms with Gasteiger partial charge >= 0.3 is 0 Å². The van der Waals surface area contributed by atoms with Crippen LogP contribution in [-0.2, 0) is 6.54 Å². The predicted molar refractivity (Wildman–Crippen MR) is 106 cm³/mol. The van der Waals surface area contributed by atoms with Gasteiger partial charge in [0.1, 0.15) is 5.75 Å². The molecule has 0 bridgehead atoms. The predicted octanol–water partition coefficient (Wildman–Crippen LogP) is 2.40. The summed E-state index contributed by atoms with van der Waals surface area (Å²) in [4.78, 5) is 4.81. The monoisotopic (exact) mass is 355 g/mol. The number of nitrogens with zero attached hydrogens (tertiary/aromatic N) is 2. The highest BCUT2D eigenvalue weighted by Gasteiger charge is 2.18. The second-order valence-electron chi connectivity index (χ2n) is 6.78. The van der Waals surface area contributed by atoms with E-state index in [1.165, 1.54) is 5.69 Å². The number of hydrogen-bond donors (Lipinski definition) is 2. The van der Waals surface area contributed by atoms with Crippen LogP contribution >= 0.6 is 0 Å². The van der Waals surface area contributed by atoms with E-state index in [9.17, 15) is 5.11 Å². The van der Waals surface area contributed by atoms with Gasteiger partial charge in [-0.2, -0.15) is 0 Å². The normalized spacial score (nSPS) is 16.5. The lowest BCUT2D eigenvalue weighted by atomic mass is 10.0. The van der Waals surface area contributed by atoms with Crippen molar-refractivity contribution in [1.29, 1.82) is 0 Å². The van der Waals surface area contributed by atoms with Gasteiger partial charge in [-0.1, -0.05) is 30.3 Å². The zero-order valence-corrected chi connectivity index (χ0v) is 15.5. The number of piperazine rings is 1. The maximum atomic E-state index is 10.4. The fourth-order valence-corrected chi connectivity index (χ4v) is 3.38. The third-order valence-electron chi connectivity index (χ3n) is 5.11. The van der Waals surface area contributed by atoms with Crippen LogP contribution in [0.5, 0.6) is 5.75 Å². The van der Waals surface area contributed by atoms with Crippen molar-refractivity contribution in [3.05, 3.63) is 59.7 Å². The van der Waals surface area contributed by atoms with Crippen LogP contribution in [-0.4, -0.2) is 49.8 Å². The zero-order valence-electron chi connectivity index (χ0n) is 15.5. The summed E-state index contributed by atoms with van der Waals surface area (Å²) >= 11 is 0. The first-order valence-corrected chi connectivity index (χ1v) is 9.28. The molecule has 140 valence electrons. The van der Waals surface area contributed by atoms with E-state index in [1.54, 1.807) is 7.11 Å². The van der Waals surface area contributed by atoms with Crippen molar-refractivity contribution in [2.24, 2.45) is 5.73 Å². The van der Waals surface area contributed by atoms with Gasteiger partial charge in [0.15, 0.2) is 0 Å². The fourth-order valence-electron chi connectivity index (χ4n) is 3.38. The van der Waals surface area contributed by atoms with E-state index in [2.05, 4.69) is 21.9 Å². The Morgan fingerprint density at radius 2 is 1.81 bits per heavy atom. The van der Waals surface area contributed by atoms with Crippen LogP contribution in [0.1, 0.15) is 23.7 Å². The molecule has 5 heteroatoms. The smallest absolute Gasteiger partial charge is 0.120 e. The van der Waals surface area contributed by atoms with Crippen molar-refractivity contribution in [1.82, 2.24) is 4.90 Å². The van der Waals surface area contributed by atoms with Crippen molar-refractivity contribution in [2.75, 3.05) is 44.7 Å². The molecular weight excluding hydrogens is 326 g/mol. The first-order chi connectivity index (χ1) is 12.7. The number of benzene rings is 2. The minimum absolute atomic E-state index is 0.418. The number of ether oxygens (including phenoxy) is 1. The van der Waals surface area contributed by atoms with Gasteiger partial charge in [0.05, 0.1) is 13.2 Å². The van der Waals surface area contributed by atoms with Crippen LogP contribution in [0.25, 0.3) is 0 Å². The second kappa shape index (κ2) is 9.03. The lowest BCUT2D eigenvalue weighted by Gasteiger charge is -2.36. The molecule has 0 amide bonds. The Bertz CT molecular complexity index is 682. The summed E-state index contributed by atoms with van der Waals surface area (Å²) < 4.78 is 5.32. The van der Waals surface area contributed by atoms with E-state index in [0.29, 0.717) is 6.54 Å². The minimum Gasteiger partial charge on any atom is -0.497 e. The van der Waals surface area contributed by atoms with E-state index >= 15 is 0 Å². The van der Waals surface area contributed by atoms with Gasteiger partial charge in [-0.05, 0) is 29.7 Å². The summed E-state index contributed by atoms with van der Waals surface area (Å²) in [5.41, 5.74) is 8.90. The van der Waals surface area contributed by atoms with Gasteiger partial charge in [0.2, 0.25) is 0 Å². The maximum Gasteiger partial charge on any atom is 0.120 e. The molecule has 1 atom stereocenters. The topological polar surface area (TPSA) is 62.0 Å². The molecule has 0 aromatic heterocycles. The van der Waals surface area contributed by atoms with Crippen molar-refractivity contribution in [3.8, 4) is 5.75 Å². The van der Waals surface area contributed by atoms with Crippen LogP contribution < -0.4 is 15.4 Å². The largest absolute Gasteiger partial charge is 0.497 e. The number of rotatable bonds is 7. The van der Waals surface area contributed by atoms with Crippen LogP contribution in [0.4, 0.5) is 5.69 Å². The van der Waals surface area contributed by atoms with Gasteiger partial charge in [-0.3, -0.25) is 4.90 Å². The van der Waals surface area contributed by atoms with Gasteiger partial charge in [-0.15, -0.1) is 0 Å². The van der Waals surface area contributed by atoms with Gasteiger partial charge in [-0.25, -0.2) is 0 Å². The molecule has 2 aromatic rings. The van der Waals surface area contributed by atoms with Crippen LogP contribution in [0.3, 0.4) is 0 Å². The molecule has 1 aliphatic rings. The van der Waals surface area contributed by atoms with Gasteiger partial charge < -0.3 is 20.5 Å². The Morgan fingerprint density at radius 3 is 2.46 bits per heavy atom. The van der Waals surface area contributed by atoms with E-state index < -0.39 is 6.10 Å². The number of aliphatic hydroxyl groups excluding tert-OH is 1. The molecule has 26 heavy (non-hydrogen) atoms. The Kier molecular flexibility index (Phi) is 6.50. The molecule has 3 rings (SSSR count). The second-order valence-corrected chi connectivity index (χ2v) is 6.78. The van der Waals surface area contributed by atoms with Crippen molar-refractivity contribution in [3.63, 3.8) is 0 Å². The standard InChI is InChI=1S/C21H29N3O2/c1-26-20-4-2-3-19(15-20)24-13-11-23(12-14-24)10-9-21(25)18-7-5-17(16-22)6-8-18/h2-8,15,21,25H,9-14,16,22H2,1H3/t21-/m0/s1. The third-order valence-corrected chi connectivity index (χ3v) is 5.11. The maximum absolute atomic E-state index is 10.4. The van der Waals surface area contributed by atoms with Crippen molar-refractivity contribution >= 4 is 5.69 Å². The highest BCUT2D eigenvalue weighted by molar-refractivity contribution is 5.51. The number of hydrogen-bond acceptors (Lipinski definition) is 5. The lowest BCUT2D eigenvalue weighted by molar-refractivity contribution is 0.139. The Labute approximate surface area is 156 Å². The quantitative estimate of drug-likeness (QED) is 0.799. The van der Waals surface area contributed by atoms with Gasteiger partial charge in [0.25, 0.3) is 0 Å². The number of anilines is 1. The van der Waals surface area contributed by atoms with E-state index in [-0.39, 0.29) is 0 Å². The Morgan fingerprint density at radius 1 is 1.08 bits per heavy atom. The average molecular weight is 355 g/mol. The van der Waals surface area contributed by atoms with Gasteiger partial charge in [0, 0.05) is 51.0 Å². The molecule has 1 fully saturated rings. The number of methoxy groups -OCH3 is 1. The van der Waals surface area contributed by atoms with Crippen LogP contribution in [0.15, 0.2) is 48.5 Å². The van der Waals surface area contributed by atoms with Crippen molar-refractivity contribution < 1.29 is 9.84 Å². The molecule has 2 aromatic carbocycles. The molecule has 0 unspecified atom stereocenters. The van der Waals surface area contributed by atoms with E-state index in [0.717, 1.165) is 56.0 Å². The first-order valence-electron chi connectivity index (χ1n) is 9.28. The minimum atomic E-state index is -0.418. The zero-order chi connectivity index (χ0) is 18.4. The van der Waals surface area contributed by atoms with E-state index in [4.69, 9.17) is 10.5 Å². The molecule has 5 nitrogen and oxygen atoms in total. The SMILES string of the molecule is COc1cccc(N2CCN(CC[C@H](O)c3ccc(CN)cc3)CC2)c1. The molecule has 0 aliphatic carbocycles. The average Bonchev–Trinajstić information content (AvgIpc) is 2.72. The highest BCUT2D eigenvalue weighted by Crippen LogP contribution is 2.23. The van der Waals surface area contributed by atoms with E-state index in [1.807, 2.05) is 36.4 Å². The summed E-state index contributed by atoms with van der Waals surface area (Å²) in [6.07, 6.45) is 0.333. The number of nitrogens with two attached hydrogens (primary N) is 1. The molecule has 1 aliphatic heterocycles. The Hall–Kier alpha value is -2.08. The molecule has 1 saturated heterocycles. The number of aliphatic hydroxyl groups is 1. The first kappa shape index (κ1) is 18.7. The highest BCUT2D eigenvalue weighted by atomic mass is 16.5. The molecule has 0 saturated carbocycles. The molecule has 1 heterocycles. The third kappa shape index (κ3) is 4.75. The summed E-state index contributed by atoms with van der Waals surface area (Å²) in [6.45, 7) is 5.45. The molecule has 0 spiro atoms. The molecule has 0 radical (unpaired) electrons.